The lowest BCUT2D eigenvalue weighted by Gasteiger charge is -2.09. The van der Waals surface area contributed by atoms with Gasteiger partial charge in [-0.2, -0.15) is 0 Å². The normalized spacial score (nSPS) is 10.8. The van der Waals surface area contributed by atoms with Gasteiger partial charge in [-0.15, -0.1) is 10.2 Å². The number of hydrogen-bond donors (Lipinski definition) is 0. The SMILES string of the molecule is Cc1cccc(CSc2nnc(-c3ccccc3COc3cccc(C)c3)o2)c1. The quantitative estimate of drug-likeness (QED) is 0.343. The van der Waals surface area contributed by atoms with Gasteiger partial charge in [-0.25, -0.2) is 0 Å². The van der Waals surface area contributed by atoms with E-state index in [0.717, 1.165) is 22.6 Å². The van der Waals surface area contributed by atoms with Gasteiger partial charge in [-0.1, -0.05) is 71.9 Å². The minimum atomic E-state index is 0.438. The van der Waals surface area contributed by atoms with E-state index in [2.05, 4.69) is 54.4 Å². The molecule has 0 unspecified atom stereocenters. The van der Waals surface area contributed by atoms with E-state index in [1.54, 1.807) is 11.8 Å². The molecule has 0 saturated carbocycles. The Labute approximate surface area is 175 Å². The maximum Gasteiger partial charge on any atom is 0.277 e. The predicted molar refractivity (Wildman–Crippen MR) is 116 cm³/mol. The molecule has 0 bridgehead atoms. The van der Waals surface area contributed by atoms with E-state index in [1.807, 2.05) is 42.5 Å². The van der Waals surface area contributed by atoms with Crippen molar-refractivity contribution in [1.82, 2.24) is 10.2 Å². The molecular weight excluding hydrogens is 380 g/mol. The summed E-state index contributed by atoms with van der Waals surface area (Å²) in [5.41, 5.74) is 5.56. The van der Waals surface area contributed by atoms with Gasteiger partial charge in [0.05, 0.1) is 0 Å². The first-order valence-corrected chi connectivity index (χ1v) is 10.5. The predicted octanol–water partition coefficient (Wildman–Crippen LogP) is 6.22. The van der Waals surface area contributed by atoms with Crippen LogP contribution in [-0.4, -0.2) is 10.2 Å². The Kier molecular flexibility index (Phi) is 5.96. The average Bonchev–Trinajstić information content (AvgIpc) is 3.20. The monoisotopic (exact) mass is 402 g/mol. The Morgan fingerprint density at radius 1 is 0.862 bits per heavy atom. The molecule has 0 amide bonds. The van der Waals surface area contributed by atoms with Crippen LogP contribution in [0.25, 0.3) is 11.5 Å². The van der Waals surface area contributed by atoms with Crippen molar-refractivity contribution in [2.24, 2.45) is 0 Å². The van der Waals surface area contributed by atoms with Crippen molar-refractivity contribution >= 4 is 11.8 Å². The molecule has 0 aliphatic rings. The maximum atomic E-state index is 5.96. The molecule has 0 aliphatic heterocycles. The molecule has 4 rings (SSSR count). The first-order valence-electron chi connectivity index (χ1n) is 9.47. The number of ether oxygens (including phenoxy) is 1. The molecule has 4 aromatic rings. The largest absolute Gasteiger partial charge is 0.489 e. The van der Waals surface area contributed by atoms with Crippen LogP contribution < -0.4 is 4.74 Å². The van der Waals surface area contributed by atoms with Crippen molar-refractivity contribution in [3.05, 3.63) is 95.1 Å². The van der Waals surface area contributed by atoms with Crippen LogP contribution in [0.3, 0.4) is 0 Å². The van der Waals surface area contributed by atoms with Gasteiger partial charge in [0, 0.05) is 16.9 Å². The second-order valence-corrected chi connectivity index (χ2v) is 7.84. The van der Waals surface area contributed by atoms with E-state index >= 15 is 0 Å². The Hall–Kier alpha value is -3.05. The van der Waals surface area contributed by atoms with Gasteiger partial charge in [-0.3, -0.25) is 0 Å². The lowest BCUT2D eigenvalue weighted by Crippen LogP contribution is -1.98. The molecule has 29 heavy (non-hydrogen) atoms. The number of hydrogen-bond acceptors (Lipinski definition) is 5. The molecule has 1 heterocycles. The Bertz CT molecular complexity index is 1110. The van der Waals surface area contributed by atoms with Crippen LogP contribution in [-0.2, 0) is 12.4 Å². The highest BCUT2D eigenvalue weighted by atomic mass is 32.2. The lowest BCUT2D eigenvalue weighted by atomic mass is 10.1. The molecule has 5 heteroatoms. The van der Waals surface area contributed by atoms with E-state index in [-0.39, 0.29) is 0 Å². The Morgan fingerprint density at radius 3 is 2.48 bits per heavy atom. The molecule has 146 valence electrons. The molecule has 0 fully saturated rings. The van der Waals surface area contributed by atoms with E-state index < -0.39 is 0 Å². The van der Waals surface area contributed by atoms with E-state index in [1.165, 1.54) is 16.7 Å². The summed E-state index contributed by atoms with van der Waals surface area (Å²) in [4.78, 5) is 0. The van der Waals surface area contributed by atoms with Crippen LogP contribution in [0.2, 0.25) is 0 Å². The summed E-state index contributed by atoms with van der Waals surface area (Å²) in [6.07, 6.45) is 0. The fraction of sp³-hybridized carbons (Fsp3) is 0.167. The van der Waals surface area contributed by atoms with Crippen molar-refractivity contribution in [3.63, 3.8) is 0 Å². The molecule has 0 atom stereocenters. The third-order valence-corrected chi connectivity index (χ3v) is 5.37. The van der Waals surface area contributed by atoms with Gasteiger partial charge in [-0.05, 0) is 43.2 Å². The minimum absolute atomic E-state index is 0.438. The van der Waals surface area contributed by atoms with Crippen LogP contribution in [0.1, 0.15) is 22.3 Å². The van der Waals surface area contributed by atoms with Crippen LogP contribution in [0.4, 0.5) is 0 Å². The van der Waals surface area contributed by atoms with Crippen LogP contribution in [0.15, 0.2) is 82.4 Å². The number of benzene rings is 3. The lowest BCUT2D eigenvalue weighted by molar-refractivity contribution is 0.306. The van der Waals surface area contributed by atoms with Crippen LogP contribution in [0, 0.1) is 13.8 Å². The standard InChI is InChI=1S/C24H22N2O2S/c1-17-7-5-9-19(13-17)16-29-24-26-25-23(28-24)22-12-4-3-10-20(22)15-27-21-11-6-8-18(2)14-21/h3-14H,15-16H2,1-2H3. The Morgan fingerprint density at radius 2 is 1.66 bits per heavy atom. The van der Waals surface area contributed by atoms with Crippen LogP contribution >= 0.6 is 11.8 Å². The summed E-state index contributed by atoms with van der Waals surface area (Å²) in [5.74, 6) is 2.15. The summed E-state index contributed by atoms with van der Waals surface area (Å²) in [6.45, 7) is 4.58. The highest BCUT2D eigenvalue weighted by Crippen LogP contribution is 2.28. The van der Waals surface area contributed by atoms with Crippen LogP contribution in [0.5, 0.6) is 5.75 Å². The summed E-state index contributed by atoms with van der Waals surface area (Å²) in [7, 11) is 0. The maximum absolute atomic E-state index is 5.96. The summed E-state index contributed by atoms with van der Waals surface area (Å²) >= 11 is 1.54. The van der Waals surface area contributed by atoms with Gasteiger partial charge < -0.3 is 9.15 Å². The fourth-order valence-corrected chi connectivity index (χ4v) is 3.75. The number of thioether (sulfide) groups is 1. The van der Waals surface area contributed by atoms with Gasteiger partial charge in [0.2, 0.25) is 5.89 Å². The molecule has 0 saturated heterocycles. The summed E-state index contributed by atoms with van der Waals surface area (Å²) in [5, 5.41) is 9.03. The molecule has 0 radical (unpaired) electrons. The van der Waals surface area contributed by atoms with Gasteiger partial charge in [0.15, 0.2) is 0 Å². The molecule has 4 nitrogen and oxygen atoms in total. The third-order valence-electron chi connectivity index (χ3n) is 4.48. The van der Waals surface area contributed by atoms with E-state index in [9.17, 15) is 0 Å². The number of rotatable bonds is 7. The van der Waals surface area contributed by atoms with E-state index in [4.69, 9.17) is 9.15 Å². The minimum Gasteiger partial charge on any atom is -0.489 e. The second-order valence-electron chi connectivity index (χ2n) is 6.91. The molecular formula is C24H22N2O2S. The van der Waals surface area contributed by atoms with Gasteiger partial charge in [0.25, 0.3) is 5.22 Å². The molecule has 0 N–H and O–H groups in total. The van der Waals surface area contributed by atoms with Crippen molar-refractivity contribution in [3.8, 4) is 17.2 Å². The third kappa shape index (κ3) is 5.06. The zero-order valence-corrected chi connectivity index (χ0v) is 17.3. The van der Waals surface area contributed by atoms with Gasteiger partial charge in [0.1, 0.15) is 12.4 Å². The molecule has 1 aromatic heterocycles. The highest BCUT2D eigenvalue weighted by molar-refractivity contribution is 7.98. The Balaban J connectivity index is 1.46. The topological polar surface area (TPSA) is 48.2 Å². The summed E-state index contributed by atoms with van der Waals surface area (Å²) < 4.78 is 11.9. The first-order chi connectivity index (χ1) is 14.2. The summed E-state index contributed by atoms with van der Waals surface area (Å²) in [6, 6.07) is 24.4. The molecule has 0 aliphatic carbocycles. The second kappa shape index (κ2) is 8.97. The average molecular weight is 403 g/mol. The van der Waals surface area contributed by atoms with Crippen molar-refractivity contribution in [1.29, 1.82) is 0 Å². The van der Waals surface area contributed by atoms with Crippen molar-refractivity contribution in [2.75, 3.05) is 0 Å². The smallest absolute Gasteiger partial charge is 0.277 e. The molecule has 3 aromatic carbocycles. The van der Waals surface area contributed by atoms with E-state index in [0.29, 0.717) is 17.7 Å². The van der Waals surface area contributed by atoms with Crippen molar-refractivity contribution in [2.45, 2.75) is 31.4 Å². The van der Waals surface area contributed by atoms with Gasteiger partial charge >= 0.3 is 0 Å². The first kappa shape index (κ1) is 19.3. The zero-order valence-electron chi connectivity index (χ0n) is 16.5. The number of aryl methyl sites for hydroxylation is 2. The molecule has 0 spiro atoms. The zero-order chi connectivity index (χ0) is 20.1. The highest BCUT2D eigenvalue weighted by Gasteiger charge is 2.13. The fourth-order valence-electron chi connectivity index (χ4n) is 3.04. The number of nitrogens with zero attached hydrogens (tertiary/aromatic N) is 2. The number of aromatic nitrogens is 2. The van der Waals surface area contributed by atoms with Crippen molar-refractivity contribution < 1.29 is 9.15 Å².